The summed E-state index contributed by atoms with van der Waals surface area (Å²) in [4.78, 5) is 0. The van der Waals surface area contributed by atoms with Crippen molar-refractivity contribution in [3.63, 3.8) is 0 Å². The number of aliphatic hydroxyl groups is 1. The Balaban J connectivity index is 2.21. The molecule has 1 heterocycles. The van der Waals surface area contributed by atoms with Crippen LogP contribution in [0.15, 0.2) is 35.7 Å². The molecule has 0 fully saturated rings. The lowest BCUT2D eigenvalue weighted by Gasteiger charge is -2.19. The van der Waals surface area contributed by atoms with E-state index in [4.69, 9.17) is 10.8 Å². The molecule has 64 valence electrons. The van der Waals surface area contributed by atoms with Crippen LogP contribution in [0, 0.1) is 5.92 Å². The fourth-order valence-electron chi connectivity index (χ4n) is 1.66. The van der Waals surface area contributed by atoms with Gasteiger partial charge in [-0.15, -0.1) is 0 Å². The van der Waals surface area contributed by atoms with Gasteiger partial charge in [0.1, 0.15) is 0 Å². The quantitative estimate of drug-likeness (QED) is 0.505. The molecule has 0 aromatic heterocycles. The smallest absolute Gasteiger partial charge is 0.0665 e. The van der Waals surface area contributed by atoms with Gasteiger partial charge in [-0.05, 0) is 23.9 Å². The highest BCUT2D eigenvalue weighted by atomic mass is 16.3. The van der Waals surface area contributed by atoms with Gasteiger partial charge < -0.3 is 16.2 Å². The Morgan fingerprint density at radius 1 is 1.58 bits per heavy atom. The topological polar surface area (TPSA) is 58.3 Å². The number of nitrogens with two attached hydrogens (primary N) is 1. The summed E-state index contributed by atoms with van der Waals surface area (Å²) in [5, 5.41) is 12.1. The number of aliphatic hydroxyl groups excluding tert-OH is 1. The van der Waals surface area contributed by atoms with Crippen molar-refractivity contribution in [2.24, 2.45) is 11.7 Å². The van der Waals surface area contributed by atoms with Crippen LogP contribution in [0.1, 0.15) is 0 Å². The molecule has 0 saturated heterocycles. The highest BCUT2D eigenvalue weighted by Gasteiger charge is 2.27. The zero-order valence-corrected chi connectivity index (χ0v) is 6.70. The average molecular weight is 164 g/mol. The van der Waals surface area contributed by atoms with Crippen molar-refractivity contribution in [2.75, 3.05) is 6.61 Å². The summed E-state index contributed by atoms with van der Waals surface area (Å²) in [6, 6.07) is 0.247. The van der Waals surface area contributed by atoms with E-state index in [0.29, 0.717) is 5.92 Å². The number of nitrogens with one attached hydrogen (secondary N) is 1. The predicted molar refractivity (Wildman–Crippen MR) is 47.0 cm³/mol. The molecule has 0 aromatic rings. The summed E-state index contributed by atoms with van der Waals surface area (Å²) in [6.45, 7) is 0.117. The van der Waals surface area contributed by atoms with Crippen molar-refractivity contribution >= 4 is 0 Å². The minimum Gasteiger partial charge on any atom is -0.399 e. The maximum atomic E-state index is 8.98. The molecule has 2 atom stereocenters. The minimum atomic E-state index is 0.117. The Bertz CT molecular complexity index is 278. The summed E-state index contributed by atoms with van der Waals surface area (Å²) in [5.41, 5.74) is 7.44. The Kier molecular flexibility index (Phi) is 1.66. The van der Waals surface area contributed by atoms with E-state index in [1.807, 2.05) is 24.4 Å². The fourth-order valence-corrected chi connectivity index (χ4v) is 1.66. The van der Waals surface area contributed by atoms with Gasteiger partial charge in [0.25, 0.3) is 0 Å². The van der Waals surface area contributed by atoms with Crippen LogP contribution >= 0.6 is 0 Å². The van der Waals surface area contributed by atoms with Crippen molar-refractivity contribution in [3.8, 4) is 0 Å². The first-order valence-electron chi connectivity index (χ1n) is 4.02. The first kappa shape index (κ1) is 7.43. The maximum absolute atomic E-state index is 8.98. The molecule has 1 aliphatic carbocycles. The summed E-state index contributed by atoms with van der Waals surface area (Å²) in [5.74, 6) is 0.294. The molecule has 2 rings (SSSR count). The molecule has 2 unspecified atom stereocenters. The fraction of sp³-hybridized carbons (Fsp3) is 0.333. The third-order valence-electron chi connectivity index (χ3n) is 2.33. The second-order valence-corrected chi connectivity index (χ2v) is 3.12. The molecule has 3 heteroatoms. The van der Waals surface area contributed by atoms with Gasteiger partial charge in [0.2, 0.25) is 0 Å². The molecule has 4 N–H and O–H groups in total. The predicted octanol–water partition coefficient (Wildman–Crippen LogP) is -0.137. The van der Waals surface area contributed by atoms with E-state index < -0.39 is 0 Å². The molecule has 3 nitrogen and oxygen atoms in total. The summed E-state index contributed by atoms with van der Waals surface area (Å²) >= 11 is 0. The van der Waals surface area contributed by atoms with Gasteiger partial charge in [0, 0.05) is 11.6 Å². The standard InChI is InChI=1S/C9H12N2O/c10-7-1-2-8-6(5-12)4-11-9(8)3-7/h1-4,8-9,11-12H,5,10H2. The van der Waals surface area contributed by atoms with Crippen LogP contribution in [0.4, 0.5) is 0 Å². The lowest BCUT2D eigenvalue weighted by molar-refractivity contribution is 0.320. The van der Waals surface area contributed by atoms with Gasteiger partial charge in [-0.3, -0.25) is 0 Å². The second kappa shape index (κ2) is 2.68. The lowest BCUT2D eigenvalue weighted by atomic mass is 9.91. The van der Waals surface area contributed by atoms with E-state index in [9.17, 15) is 0 Å². The average Bonchev–Trinajstić information content (AvgIpc) is 2.46. The van der Waals surface area contributed by atoms with Crippen molar-refractivity contribution < 1.29 is 5.11 Å². The summed E-state index contributed by atoms with van der Waals surface area (Å²) in [7, 11) is 0. The van der Waals surface area contributed by atoms with Crippen molar-refractivity contribution in [2.45, 2.75) is 6.04 Å². The maximum Gasteiger partial charge on any atom is 0.0665 e. The molecule has 2 aliphatic rings. The third kappa shape index (κ3) is 1.02. The van der Waals surface area contributed by atoms with E-state index in [1.165, 1.54) is 0 Å². The molecule has 12 heavy (non-hydrogen) atoms. The SMILES string of the molecule is NC1=CC2NC=C(CO)C2C=C1. The van der Waals surface area contributed by atoms with Crippen LogP contribution in [-0.4, -0.2) is 17.8 Å². The Morgan fingerprint density at radius 2 is 2.42 bits per heavy atom. The number of hydrogen-bond donors (Lipinski definition) is 3. The van der Waals surface area contributed by atoms with Gasteiger partial charge >= 0.3 is 0 Å². The van der Waals surface area contributed by atoms with E-state index in [-0.39, 0.29) is 12.6 Å². The van der Waals surface area contributed by atoms with Crippen LogP contribution in [-0.2, 0) is 0 Å². The minimum absolute atomic E-state index is 0.117. The van der Waals surface area contributed by atoms with Crippen LogP contribution in [0.2, 0.25) is 0 Å². The van der Waals surface area contributed by atoms with Gasteiger partial charge in [0.05, 0.1) is 12.6 Å². The number of rotatable bonds is 1. The molecule has 0 aromatic carbocycles. The summed E-state index contributed by atoms with van der Waals surface area (Å²) in [6.07, 6.45) is 7.76. The molecule has 0 saturated carbocycles. The van der Waals surface area contributed by atoms with E-state index in [1.54, 1.807) is 0 Å². The monoisotopic (exact) mass is 164 g/mol. The number of allylic oxidation sites excluding steroid dienone is 1. The molecular formula is C9H12N2O. The van der Waals surface area contributed by atoms with Crippen LogP contribution in [0.25, 0.3) is 0 Å². The first-order valence-corrected chi connectivity index (χ1v) is 4.02. The lowest BCUT2D eigenvalue weighted by Crippen LogP contribution is -2.27. The summed E-state index contributed by atoms with van der Waals surface area (Å²) < 4.78 is 0. The largest absolute Gasteiger partial charge is 0.399 e. The zero-order chi connectivity index (χ0) is 8.55. The molecule has 0 bridgehead atoms. The van der Waals surface area contributed by atoms with Crippen LogP contribution < -0.4 is 11.1 Å². The number of hydrogen-bond acceptors (Lipinski definition) is 3. The molecule has 0 radical (unpaired) electrons. The first-order chi connectivity index (χ1) is 5.81. The van der Waals surface area contributed by atoms with Gasteiger partial charge in [-0.2, -0.15) is 0 Å². The highest BCUT2D eigenvalue weighted by Crippen LogP contribution is 2.26. The van der Waals surface area contributed by atoms with Crippen molar-refractivity contribution in [1.29, 1.82) is 0 Å². The third-order valence-corrected chi connectivity index (χ3v) is 2.33. The zero-order valence-electron chi connectivity index (χ0n) is 6.70. The second-order valence-electron chi connectivity index (χ2n) is 3.12. The van der Waals surface area contributed by atoms with Gasteiger partial charge in [0.15, 0.2) is 0 Å². The van der Waals surface area contributed by atoms with Crippen molar-refractivity contribution in [1.82, 2.24) is 5.32 Å². The molecule has 0 spiro atoms. The molecular weight excluding hydrogens is 152 g/mol. The van der Waals surface area contributed by atoms with Gasteiger partial charge in [-0.25, -0.2) is 0 Å². The highest BCUT2D eigenvalue weighted by molar-refractivity contribution is 5.34. The number of fused-ring (bicyclic) bond motifs is 1. The van der Waals surface area contributed by atoms with Gasteiger partial charge in [-0.1, -0.05) is 6.08 Å². The van der Waals surface area contributed by atoms with E-state index in [0.717, 1.165) is 11.3 Å². The Hall–Kier alpha value is -1.22. The Labute approximate surface area is 71.3 Å². The van der Waals surface area contributed by atoms with Crippen molar-refractivity contribution in [3.05, 3.63) is 35.7 Å². The van der Waals surface area contributed by atoms with Crippen LogP contribution in [0.3, 0.4) is 0 Å². The van der Waals surface area contributed by atoms with E-state index >= 15 is 0 Å². The Morgan fingerprint density at radius 3 is 3.17 bits per heavy atom. The molecule has 1 aliphatic heterocycles. The van der Waals surface area contributed by atoms with E-state index in [2.05, 4.69) is 5.32 Å². The molecule has 0 amide bonds. The normalized spacial score (nSPS) is 32.1. The van der Waals surface area contributed by atoms with Crippen LogP contribution in [0.5, 0.6) is 0 Å².